The molecule has 6 rings (SSSR count). The lowest BCUT2D eigenvalue weighted by atomic mass is 9.47. The van der Waals surface area contributed by atoms with Crippen LogP contribution in [0.5, 0.6) is 0 Å². The summed E-state index contributed by atoms with van der Waals surface area (Å²) in [6.07, 6.45) is 5.05. The number of thiol groups is 1. The summed E-state index contributed by atoms with van der Waals surface area (Å²) in [4.78, 5) is 25.6. The van der Waals surface area contributed by atoms with Gasteiger partial charge < -0.3 is 11.1 Å². The Kier molecular flexibility index (Phi) is 4.99. The van der Waals surface area contributed by atoms with E-state index in [2.05, 4.69) is 5.32 Å². The van der Waals surface area contributed by atoms with Crippen LogP contribution in [0.25, 0.3) is 0 Å². The highest BCUT2D eigenvalue weighted by molar-refractivity contribution is 7.74. The van der Waals surface area contributed by atoms with Gasteiger partial charge in [-0.25, -0.2) is 8.42 Å². The molecule has 4 bridgehead atoms. The first-order chi connectivity index (χ1) is 14.7. The molecule has 0 aromatic heterocycles. The molecule has 168 valence electrons. The van der Waals surface area contributed by atoms with Gasteiger partial charge in [0.15, 0.2) is 0 Å². The number of hydrogen-bond donors (Lipinski definition) is 3. The fourth-order valence-corrected chi connectivity index (χ4v) is 8.02. The smallest absolute Gasteiger partial charge is 0.247 e. The third-order valence-electron chi connectivity index (χ3n) is 7.97. The second-order valence-electron chi connectivity index (χ2n) is 9.77. The number of rotatable bonds is 6. The summed E-state index contributed by atoms with van der Waals surface area (Å²) in [7, 11) is -3.11. The summed E-state index contributed by atoms with van der Waals surface area (Å²) >= 11 is 12.4. The van der Waals surface area contributed by atoms with Crippen LogP contribution in [0.3, 0.4) is 0 Å². The molecule has 5 fully saturated rings. The van der Waals surface area contributed by atoms with Gasteiger partial charge in [0.25, 0.3) is 0 Å². The number of amides is 2. The van der Waals surface area contributed by atoms with Crippen molar-refractivity contribution in [2.45, 2.75) is 56.5 Å². The quantitative estimate of drug-likeness (QED) is 0.537. The standard InChI is InChI=1S/C21H25Cl2N3O4S/c22-14-2-1-3-15(16(14)23)26(31(29)30)21(4-5-21)19(28)25-17-12-6-11-7-13(17)10-20(8-11,9-12)18(24)27/h1-3,11-13,17,31H,4-10H2,(H2,24,27)(H,25,28). The summed E-state index contributed by atoms with van der Waals surface area (Å²) in [5, 5.41) is 3.53. The van der Waals surface area contributed by atoms with E-state index in [1.165, 1.54) is 0 Å². The number of anilines is 1. The molecule has 5 aliphatic carbocycles. The van der Waals surface area contributed by atoms with Crippen molar-refractivity contribution in [2.75, 3.05) is 4.31 Å². The predicted octanol–water partition coefficient (Wildman–Crippen LogP) is 2.66. The first-order valence-electron chi connectivity index (χ1n) is 10.7. The van der Waals surface area contributed by atoms with Crippen LogP contribution >= 0.6 is 23.2 Å². The van der Waals surface area contributed by atoms with Gasteiger partial charge in [0, 0.05) is 11.5 Å². The number of benzene rings is 1. The summed E-state index contributed by atoms with van der Waals surface area (Å²) in [6, 6.07) is 4.69. The second-order valence-corrected chi connectivity index (χ2v) is 11.4. The highest BCUT2D eigenvalue weighted by atomic mass is 35.5. The monoisotopic (exact) mass is 485 g/mol. The van der Waals surface area contributed by atoms with Crippen LogP contribution in [0.4, 0.5) is 5.69 Å². The molecule has 7 nitrogen and oxygen atoms in total. The molecule has 0 saturated heterocycles. The van der Waals surface area contributed by atoms with Gasteiger partial charge in [-0.1, -0.05) is 29.3 Å². The Morgan fingerprint density at radius 1 is 1.10 bits per heavy atom. The number of carbonyl (C=O) groups is 2. The summed E-state index contributed by atoms with van der Waals surface area (Å²) in [6.45, 7) is 0. The molecule has 2 atom stereocenters. The summed E-state index contributed by atoms with van der Waals surface area (Å²) in [5.74, 6) is 0.352. The Bertz CT molecular complexity index is 1020. The largest absolute Gasteiger partial charge is 0.369 e. The minimum atomic E-state index is -3.11. The molecule has 3 N–H and O–H groups in total. The number of hydrogen-bond acceptors (Lipinski definition) is 4. The van der Waals surface area contributed by atoms with Crippen LogP contribution in [0, 0.1) is 23.2 Å². The molecule has 5 aliphatic rings. The zero-order valence-electron chi connectivity index (χ0n) is 16.9. The maximum absolute atomic E-state index is 13.5. The minimum Gasteiger partial charge on any atom is -0.369 e. The van der Waals surface area contributed by atoms with Gasteiger partial charge in [-0.05, 0) is 74.8 Å². The number of nitrogens with zero attached hydrogens (tertiary/aromatic N) is 1. The van der Waals surface area contributed by atoms with Gasteiger partial charge in [0.05, 0.1) is 15.7 Å². The molecular formula is C21H25Cl2N3O4S. The van der Waals surface area contributed by atoms with Crippen molar-refractivity contribution in [1.29, 1.82) is 0 Å². The van der Waals surface area contributed by atoms with E-state index in [0.29, 0.717) is 31.6 Å². The van der Waals surface area contributed by atoms with E-state index in [1.54, 1.807) is 18.2 Å². The van der Waals surface area contributed by atoms with E-state index in [9.17, 15) is 18.0 Å². The number of carbonyl (C=O) groups excluding carboxylic acids is 2. The first-order valence-corrected chi connectivity index (χ1v) is 12.5. The van der Waals surface area contributed by atoms with Crippen molar-refractivity contribution in [3.63, 3.8) is 0 Å². The Balaban J connectivity index is 1.41. The number of halogens is 2. The Morgan fingerprint density at radius 2 is 1.74 bits per heavy atom. The van der Waals surface area contributed by atoms with Gasteiger partial charge >= 0.3 is 0 Å². The van der Waals surface area contributed by atoms with Crippen molar-refractivity contribution < 1.29 is 18.0 Å². The van der Waals surface area contributed by atoms with Gasteiger partial charge in [0.1, 0.15) is 5.54 Å². The van der Waals surface area contributed by atoms with Gasteiger partial charge in [0.2, 0.25) is 22.7 Å². The molecule has 5 saturated carbocycles. The fourth-order valence-electron chi connectivity index (χ4n) is 6.63. The molecule has 0 heterocycles. The van der Waals surface area contributed by atoms with Crippen LogP contribution in [0.2, 0.25) is 10.0 Å². The minimum absolute atomic E-state index is 0.0600. The summed E-state index contributed by atoms with van der Waals surface area (Å²) < 4.78 is 25.6. The van der Waals surface area contributed by atoms with E-state index in [-0.39, 0.29) is 45.4 Å². The normalized spacial score (nSPS) is 34.5. The van der Waals surface area contributed by atoms with Crippen molar-refractivity contribution >= 4 is 51.6 Å². The molecule has 0 spiro atoms. The van der Waals surface area contributed by atoms with Crippen molar-refractivity contribution in [3.8, 4) is 0 Å². The van der Waals surface area contributed by atoms with E-state index in [4.69, 9.17) is 28.9 Å². The maximum atomic E-state index is 13.5. The van der Waals surface area contributed by atoms with E-state index >= 15 is 0 Å². The third-order valence-corrected chi connectivity index (χ3v) is 9.70. The lowest BCUT2D eigenvalue weighted by molar-refractivity contribution is -0.147. The molecular weight excluding hydrogens is 461 g/mol. The fraction of sp³-hybridized carbons (Fsp3) is 0.619. The molecule has 1 aromatic carbocycles. The topological polar surface area (TPSA) is 110 Å². The van der Waals surface area contributed by atoms with Crippen LogP contribution in [0.1, 0.15) is 44.9 Å². The zero-order chi connectivity index (χ0) is 22.1. The van der Waals surface area contributed by atoms with Crippen molar-refractivity contribution in [3.05, 3.63) is 28.2 Å². The molecule has 0 radical (unpaired) electrons. The first kappa shape index (κ1) is 21.3. The zero-order valence-corrected chi connectivity index (χ0v) is 19.3. The second kappa shape index (κ2) is 7.25. The van der Waals surface area contributed by atoms with Crippen LogP contribution in [0.15, 0.2) is 18.2 Å². The van der Waals surface area contributed by atoms with Gasteiger partial charge in [-0.2, -0.15) is 0 Å². The number of nitrogens with one attached hydrogen (secondary N) is 1. The summed E-state index contributed by atoms with van der Waals surface area (Å²) in [5.41, 5.74) is 4.36. The van der Waals surface area contributed by atoms with Crippen LogP contribution in [-0.2, 0) is 20.5 Å². The molecule has 2 unspecified atom stereocenters. The lowest BCUT2D eigenvalue weighted by Gasteiger charge is -2.59. The van der Waals surface area contributed by atoms with Crippen molar-refractivity contribution in [1.82, 2.24) is 5.32 Å². The highest BCUT2D eigenvalue weighted by Gasteiger charge is 2.61. The van der Waals surface area contributed by atoms with Crippen molar-refractivity contribution in [2.24, 2.45) is 28.9 Å². The third kappa shape index (κ3) is 3.25. The highest BCUT2D eigenvalue weighted by Crippen LogP contribution is 2.60. The Labute approximate surface area is 192 Å². The predicted molar refractivity (Wildman–Crippen MR) is 118 cm³/mol. The SMILES string of the molecule is NC(=O)C12CC3CC(C1)C(NC(=O)C1(N(c4cccc(Cl)c4Cl)[SH](=O)=O)CC1)C(C3)C2. The van der Waals surface area contributed by atoms with E-state index < -0.39 is 21.8 Å². The van der Waals surface area contributed by atoms with E-state index in [1.807, 2.05) is 0 Å². The Hall–Kier alpha value is -1.51. The number of primary amides is 1. The molecule has 10 heteroatoms. The average molecular weight is 486 g/mol. The molecule has 0 aliphatic heterocycles. The van der Waals surface area contributed by atoms with Crippen LogP contribution in [-0.4, -0.2) is 31.8 Å². The van der Waals surface area contributed by atoms with Gasteiger partial charge in [-0.3, -0.25) is 13.9 Å². The average Bonchev–Trinajstić information content (AvgIpc) is 3.49. The maximum Gasteiger partial charge on any atom is 0.247 e. The molecule has 31 heavy (non-hydrogen) atoms. The van der Waals surface area contributed by atoms with Gasteiger partial charge in [-0.15, -0.1) is 0 Å². The van der Waals surface area contributed by atoms with E-state index in [0.717, 1.165) is 23.6 Å². The lowest BCUT2D eigenvalue weighted by Crippen LogP contribution is -2.64. The number of nitrogens with two attached hydrogens (primary N) is 1. The molecule has 2 amide bonds. The Morgan fingerprint density at radius 3 is 2.29 bits per heavy atom. The molecule has 1 aromatic rings. The van der Waals surface area contributed by atoms with Crippen LogP contribution < -0.4 is 15.4 Å².